The normalized spacial score (nSPS) is 20.3. The topological polar surface area (TPSA) is 82.8 Å². The molecule has 1 aromatic carbocycles. The van der Waals surface area contributed by atoms with Gasteiger partial charge in [0.1, 0.15) is 0 Å². The van der Waals surface area contributed by atoms with Gasteiger partial charge in [0.05, 0.1) is 21.3 Å². The Morgan fingerprint density at radius 3 is 2.29 bits per heavy atom. The lowest BCUT2D eigenvalue weighted by Crippen LogP contribution is -2.37. The molecular formula is C18H28N2O4. The second-order valence-electron chi connectivity index (χ2n) is 6.22. The molecule has 1 saturated carbocycles. The number of nitrogens with one attached hydrogen (secondary N) is 1. The fourth-order valence-electron chi connectivity index (χ4n) is 3.24. The van der Waals surface area contributed by atoms with E-state index in [-0.39, 0.29) is 11.9 Å². The first-order valence-electron chi connectivity index (χ1n) is 8.40. The zero-order valence-electron chi connectivity index (χ0n) is 14.8. The SMILES string of the molecule is COc1cc(CNC(=O)CC2CCCCC2N)cc(OC)c1OC. The van der Waals surface area contributed by atoms with Gasteiger partial charge in [0.25, 0.3) is 0 Å². The Morgan fingerprint density at radius 1 is 1.12 bits per heavy atom. The first-order valence-corrected chi connectivity index (χ1v) is 8.40. The average Bonchev–Trinajstić information content (AvgIpc) is 2.60. The van der Waals surface area contributed by atoms with Crippen molar-refractivity contribution in [2.75, 3.05) is 21.3 Å². The zero-order valence-corrected chi connectivity index (χ0v) is 14.8. The molecule has 6 nitrogen and oxygen atoms in total. The van der Waals surface area contributed by atoms with E-state index in [0.717, 1.165) is 18.4 Å². The lowest BCUT2D eigenvalue weighted by Gasteiger charge is -2.28. The molecule has 24 heavy (non-hydrogen) atoms. The van der Waals surface area contributed by atoms with E-state index in [4.69, 9.17) is 19.9 Å². The van der Waals surface area contributed by atoms with E-state index < -0.39 is 0 Å². The summed E-state index contributed by atoms with van der Waals surface area (Å²) in [7, 11) is 4.71. The second-order valence-corrected chi connectivity index (χ2v) is 6.22. The van der Waals surface area contributed by atoms with Crippen LogP contribution in [-0.2, 0) is 11.3 Å². The number of rotatable bonds is 7. The molecule has 1 amide bonds. The van der Waals surface area contributed by atoms with Gasteiger partial charge in [0, 0.05) is 19.0 Å². The Labute approximate surface area is 143 Å². The molecule has 6 heteroatoms. The maximum atomic E-state index is 12.2. The maximum absolute atomic E-state index is 12.2. The van der Waals surface area contributed by atoms with Crippen LogP contribution in [0.4, 0.5) is 0 Å². The summed E-state index contributed by atoms with van der Waals surface area (Å²) in [6.07, 6.45) is 4.89. The number of ether oxygens (including phenoxy) is 3. The number of methoxy groups -OCH3 is 3. The van der Waals surface area contributed by atoms with Crippen LogP contribution in [0.15, 0.2) is 12.1 Å². The van der Waals surface area contributed by atoms with Gasteiger partial charge in [0.15, 0.2) is 11.5 Å². The first kappa shape index (κ1) is 18.4. The van der Waals surface area contributed by atoms with Crippen LogP contribution in [0.25, 0.3) is 0 Å². The number of benzene rings is 1. The quantitative estimate of drug-likeness (QED) is 0.798. The fourth-order valence-corrected chi connectivity index (χ4v) is 3.24. The third kappa shape index (κ3) is 4.54. The number of nitrogens with two attached hydrogens (primary N) is 1. The number of hydrogen-bond acceptors (Lipinski definition) is 5. The smallest absolute Gasteiger partial charge is 0.220 e. The second kappa shape index (κ2) is 8.78. The van der Waals surface area contributed by atoms with Crippen molar-refractivity contribution in [2.45, 2.75) is 44.7 Å². The van der Waals surface area contributed by atoms with Crippen molar-refractivity contribution >= 4 is 5.91 Å². The summed E-state index contributed by atoms with van der Waals surface area (Å²) in [4.78, 5) is 12.2. The molecule has 0 spiro atoms. The minimum absolute atomic E-state index is 0.0334. The summed E-state index contributed by atoms with van der Waals surface area (Å²) in [5.74, 6) is 2.03. The third-order valence-electron chi connectivity index (χ3n) is 4.63. The van der Waals surface area contributed by atoms with Gasteiger partial charge >= 0.3 is 0 Å². The highest BCUT2D eigenvalue weighted by molar-refractivity contribution is 5.76. The van der Waals surface area contributed by atoms with Crippen LogP contribution in [0.1, 0.15) is 37.7 Å². The molecule has 1 fully saturated rings. The van der Waals surface area contributed by atoms with Gasteiger partial charge in [0.2, 0.25) is 11.7 Å². The Kier molecular flexibility index (Phi) is 6.73. The van der Waals surface area contributed by atoms with E-state index in [1.165, 1.54) is 12.8 Å². The predicted molar refractivity (Wildman–Crippen MR) is 92.5 cm³/mol. The van der Waals surface area contributed by atoms with Crippen LogP contribution in [0.3, 0.4) is 0 Å². The molecular weight excluding hydrogens is 308 g/mol. The van der Waals surface area contributed by atoms with Crippen molar-refractivity contribution in [3.8, 4) is 17.2 Å². The molecule has 0 heterocycles. The molecule has 1 aliphatic rings. The number of amides is 1. The van der Waals surface area contributed by atoms with Crippen molar-refractivity contribution in [1.29, 1.82) is 0 Å². The van der Waals surface area contributed by atoms with E-state index in [2.05, 4.69) is 5.32 Å². The standard InChI is InChI=1S/C18H28N2O4/c1-22-15-8-12(9-16(23-2)18(15)24-3)11-20-17(21)10-13-6-4-5-7-14(13)19/h8-9,13-14H,4-7,10-11,19H2,1-3H3,(H,20,21). The van der Waals surface area contributed by atoms with Gasteiger partial charge in [-0.3, -0.25) is 4.79 Å². The Balaban J connectivity index is 1.97. The highest BCUT2D eigenvalue weighted by Crippen LogP contribution is 2.38. The monoisotopic (exact) mass is 336 g/mol. The van der Waals surface area contributed by atoms with Crippen LogP contribution in [0, 0.1) is 5.92 Å². The molecule has 0 saturated heterocycles. The molecule has 1 aliphatic carbocycles. The minimum atomic E-state index is 0.0334. The lowest BCUT2D eigenvalue weighted by molar-refractivity contribution is -0.122. The van der Waals surface area contributed by atoms with Crippen molar-refractivity contribution in [3.05, 3.63) is 17.7 Å². The van der Waals surface area contributed by atoms with E-state index in [9.17, 15) is 4.79 Å². The van der Waals surface area contributed by atoms with E-state index in [0.29, 0.717) is 36.1 Å². The molecule has 2 unspecified atom stereocenters. The Morgan fingerprint density at radius 2 is 1.75 bits per heavy atom. The number of carbonyl (C=O) groups excluding carboxylic acids is 1. The highest BCUT2D eigenvalue weighted by atomic mass is 16.5. The van der Waals surface area contributed by atoms with Crippen molar-refractivity contribution < 1.29 is 19.0 Å². The molecule has 0 radical (unpaired) electrons. The highest BCUT2D eigenvalue weighted by Gasteiger charge is 2.24. The zero-order chi connectivity index (χ0) is 17.5. The summed E-state index contributed by atoms with van der Waals surface area (Å²) in [6.45, 7) is 0.414. The lowest BCUT2D eigenvalue weighted by atomic mass is 9.83. The van der Waals surface area contributed by atoms with Crippen LogP contribution in [0.2, 0.25) is 0 Å². The van der Waals surface area contributed by atoms with Gasteiger partial charge in [-0.2, -0.15) is 0 Å². The predicted octanol–water partition coefficient (Wildman–Crippen LogP) is 2.24. The van der Waals surface area contributed by atoms with E-state index >= 15 is 0 Å². The molecule has 3 N–H and O–H groups in total. The van der Waals surface area contributed by atoms with Gasteiger partial charge in [-0.05, 0) is 36.5 Å². The van der Waals surface area contributed by atoms with Crippen LogP contribution >= 0.6 is 0 Å². The molecule has 2 rings (SSSR count). The fraction of sp³-hybridized carbons (Fsp3) is 0.611. The van der Waals surface area contributed by atoms with E-state index in [1.54, 1.807) is 21.3 Å². The molecule has 0 aliphatic heterocycles. The Hall–Kier alpha value is -1.95. The summed E-state index contributed by atoms with van der Waals surface area (Å²) >= 11 is 0. The maximum Gasteiger partial charge on any atom is 0.220 e. The molecule has 2 atom stereocenters. The van der Waals surface area contributed by atoms with Crippen LogP contribution < -0.4 is 25.3 Å². The van der Waals surface area contributed by atoms with Gasteiger partial charge in [-0.25, -0.2) is 0 Å². The largest absolute Gasteiger partial charge is 0.493 e. The van der Waals surface area contributed by atoms with Crippen molar-refractivity contribution in [1.82, 2.24) is 5.32 Å². The minimum Gasteiger partial charge on any atom is -0.493 e. The van der Waals surface area contributed by atoms with Gasteiger partial charge in [-0.15, -0.1) is 0 Å². The average molecular weight is 336 g/mol. The van der Waals surface area contributed by atoms with Crippen LogP contribution in [-0.4, -0.2) is 33.3 Å². The summed E-state index contributed by atoms with van der Waals surface area (Å²) in [5, 5.41) is 2.96. The van der Waals surface area contributed by atoms with Crippen molar-refractivity contribution in [2.24, 2.45) is 11.7 Å². The molecule has 0 bridgehead atoms. The summed E-state index contributed by atoms with van der Waals surface area (Å²) < 4.78 is 16.0. The molecule has 134 valence electrons. The van der Waals surface area contributed by atoms with Crippen LogP contribution in [0.5, 0.6) is 17.2 Å². The summed E-state index contributed by atoms with van der Waals surface area (Å²) in [6, 6.07) is 3.83. The molecule has 0 aromatic heterocycles. The Bertz CT molecular complexity index is 537. The number of hydrogen-bond donors (Lipinski definition) is 2. The third-order valence-corrected chi connectivity index (χ3v) is 4.63. The summed E-state index contributed by atoms with van der Waals surface area (Å²) in [5.41, 5.74) is 7.01. The number of carbonyl (C=O) groups is 1. The van der Waals surface area contributed by atoms with Crippen molar-refractivity contribution in [3.63, 3.8) is 0 Å². The van der Waals surface area contributed by atoms with Gasteiger partial charge in [-0.1, -0.05) is 12.8 Å². The molecule has 1 aromatic rings. The first-order chi connectivity index (χ1) is 11.6. The van der Waals surface area contributed by atoms with Gasteiger partial charge < -0.3 is 25.3 Å². The van der Waals surface area contributed by atoms with E-state index in [1.807, 2.05) is 12.1 Å².